The molecule has 4 heteroatoms. The van der Waals surface area contributed by atoms with Crippen molar-refractivity contribution >= 4 is 27.5 Å². The van der Waals surface area contributed by atoms with E-state index in [0.717, 1.165) is 22.2 Å². The van der Waals surface area contributed by atoms with E-state index in [4.69, 9.17) is 17.3 Å². The fourth-order valence-electron chi connectivity index (χ4n) is 1.87. The second-order valence-corrected chi connectivity index (χ2v) is 5.76. The molecule has 1 heterocycles. The lowest BCUT2D eigenvalue weighted by Crippen LogP contribution is -2.14. The van der Waals surface area contributed by atoms with Crippen LogP contribution in [0.25, 0.3) is 0 Å². The lowest BCUT2D eigenvalue weighted by atomic mass is 10.0. The van der Waals surface area contributed by atoms with Crippen molar-refractivity contribution in [1.82, 2.24) is 4.98 Å². The van der Waals surface area contributed by atoms with Crippen LogP contribution in [-0.2, 0) is 12.8 Å². The Morgan fingerprint density at radius 1 is 1.32 bits per heavy atom. The van der Waals surface area contributed by atoms with Gasteiger partial charge in [-0.2, -0.15) is 0 Å². The number of hydrogen-bond acceptors (Lipinski definition) is 2. The Hall–Kier alpha value is -0.900. The molecule has 0 saturated heterocycles. The normalized spacial score (nSPS) is 12.4. The summed E-state index contributed by atoms with van der Waals surface area (Å²) in [5, 5.41) is 0.683. The van der Waals surface area contributed by atoms with Crippen molar-refractivity contribution in [3.05, 3.63) is 62.8 Å². The van der Waals surface area contributed by atoms with Crippen LogP contribution in [-0.4, -0.2) is 4.98 Å². The molecule has 0 aliphatic heterocycles. The van der Waals surface area contributed by atoms with Gasteiger partial charge in [0, 0.05) is 28.8 Å². The minimum absolute atomic E-state index is 0.0921. The fourth-order valence-corrected chi connectivity index (χ4v) is 2.31. The molecule has 0 aliphatic carbocycles. The molecular weight excluding hydrogens is 324 g/mol. The smallest absolute Gasteiger partial charge is 0.0551 e. The third-order valence-electron chi connectivity index (χ3n) is 3.10. The monoisotopic (exact) mass is 338 g/mol. The van der Waals surface area contributed by atoms with Gasteiger partial charge in [-0.15, -0.1) is 0 Å². The molecule has 0 spiro atoms. The van der Waals surface area contributed by atoms with Gasteiger partial charge in [0.2, 0.25) is 0 Å². The third-order valence-corrected chi connectivity index (χ3v) is 4.33. The molecule has 1 aromatic carbocycles. The van der Waals surface area contributed by atoms with Gasteiger partial charge in [-0.25, -0.2) is 0 Å². The van der Waals surface area contributed by atoms with E-state index >= 15 is 0 Å². The van der Waals surface area contributed by atoms with E-state index in [1.165, 1.54) is 5.56 Å². The molecule has 0 amide bonds. The Morgan fingerprint density at radius 2 is 2.11 bits per heavy atom. The van der Waals surface area contributed by atoms with Gasteiger partial charge in [-0.1, -0.05) is 30.7 Å². The average molecular weight is 340 g/mol. The number of benzene rings is 1. The standard InChI is InChI=1S/C15H16BrClN2/c1-2-10-3-5-12(19-9-10)8-15(18)11-4-6-13(16)14(17)7-11/h3-7,9,15H,2,8,18H2,1H3. The number of nitrogens with zero attached hydrogens (tertiary/aromatic N) is 1. The first-order valence-electron chi connectivity index (χ1n) is 6.24. The van der Waals surface area contributed by atoms with E-state index in [1.807, 2.05) is 30.5 Å². The van der Waals surface area contributed by atoms with Crippen molar-refractivity contribution in [3.63, 3.8) is 0 Å². The summed E-state index contributed by atoms with van der Waals surface area (Å²) in [5.41, 5.74) is 9.47. The topological polar surface area (TPSA) is 38.9 Å². The van der Waals surface area contributed by atoms with Crippen LogP contribution in [0, 0.1) is 0 Å². The summed E-state index contributed by atoms with van der Waals surface area (Å²) in [6, 6.07) is 9.86. The molecular formula is C15H16BrClN2. The minimum atomic E-state index is -0.0921. The van der Waals surface area contributed by atoms with Crippen molar-refractivity contribution in [2.24, 2.45) is 5.73 Å². The highest BCUT2D eigenvalue weighted by Gasteiger charge is 2.09. The molecule has 0 bridgehead atoms. The maximum absolute atomic E-state index is 6.20. The Balaban J connectivity index is 2.10. The number of nitrogens with two attached hydrogens (primary N) is 1. The Bertz CT molecular complexity index is 555. The quantitative estimate of drug-likeness (QED) is 0.902. The van der Waals surface area contributed by atoms with Crippen LogP contribution in [0.1, 0.15) is 29.8 Å². The number of halogens is 2. The molecule has 0 aliphatic rings. The zero-order chi connectivity index (χ0) is 13.8. The molecule has 0 radical (unpaired) electrons. The van der Waals surface area contributed by atoms with Crippen LogP contribution >= 0.6 is 27.5 Å². The lowest BCUT2D eigenvalue weighted by Gasteiger charge is -2.12. The maximum atomic E-state index is 6.20. The molecule has 0 fully saturated rings. The van der Waals surface area contributed by atoms with Gasteiger partial charge in [-0.3, -0.25) is 4.98 Å². The van der Waals surface area contributed by atoms with Crippen LogP contribution in [0.5, 0.6) is 0 Å². The van der Waals surface area contributed by atoms with Gasteiger partial charge in [0.15, 0.2) is 0 Å². The van der Waals surface area contributed by atoms with E-state index in [9.17, 15) is 0 Å². The first-order chi connectivity index (χ1) is 9.10. The van der Waals surface area contributed by atoms with Gasteiger partial charge in [0.05, 0.1) is 5.02 Å². The highest BCUT2D eigenvalue weighted by molar-refractivity contribution is 9.10. The zero-order valence-corrected chi connectivity index (χ0v) is 13.1. The SMILES string of the molecule is CCc1ccc(CC(N)c2ccc(Br)c(Cl)c2)nc1. The summed E-state index contributed by atoms with van der Waals surface area (Å²) in [7, 11) is 0. The zero-order valence-electron chi connectivity index (χ0n) is 10.7. The van der Waals surface area contributed by atoms with Crippen LogP contribution < -0.4 is 5.73 Å². The Labute approximate surface area is 127 Å². The minimum Gasteiger partial charge on any atom is -0.324 e. The van der Waals surface area contributed by atoms with Gasteiger partial charge in [-0.05, 0) is 51.7 Å². The molecule has 2 N–H and O–H groups in total. The second kappa shape index (κ2) is 6.51. The van der Waals surface area contributed by atoms with Crippen LogP contribution in [0.4, 0.5) is 0 Å². The van der Waals surface area contributed by atoms with Crippen molar-refractivity contribution < 1.29 is 0 Å². The largest absolute Gasteiger partial charge is 0.324 e. The molecule has 100 valence electrons. The summed E-state index contributed by atoms with van der Waals surface area (Å²) < 4.78 is 0.885. The van der Waals surface area contributed by atoms with Gasteiger partial charge in [0.25, 0.3) is 0 Å². The van der Waals surface area contributed by atoms with Crippen molar-refractivity contribution in [2.75, 3.05) is 0 Å². The molecule has 2 rings (SSSR count). The average Bonchev–Trinajstić information content (AvgIpc) is 2.42. The fraction of sp³-hybridized carbons (Fsp3) is 0.267. The highest BCUT2D eigenvalue weighted by Crippen LogP contribution is 2.26. The van der Waals surface area contributed by atoms with Crippen molar-refractivity contribution in [1.29, 1.82) is 0 Å². The van der Waals surface area contributed by atoms with Crippen molar-refractivity contribution in [2.45, 2.75) is 25.8 Å². The van der Waals surface area contributed by atoms with Crippen molar-refractivity contribution in [3.8, 4) is 0 Å². The molecule has 1 unspecified atom stereocenters. The van der Waals surface area contributed by atoms with E-state index in [1.54, 1.807) is 0 Å². The first kappa shape index (κ1) is 14.5. The first-order valence-corrected chi connectivity index (χ1v) is 7.41. The van der Waals surface area contributed by atoms with Gasteiger partial charge >= 0.3 is 0 Å². The number of hydrogen-bond donors (Lipinski definition) is 1. The summed E-state index contributed by atoms with van der Waals surface area (Å²) >= 11 is 9.46. The molecule has 2 nitrogen and oxygen atoms in total. The molecule has 1 atom stereocenters. The lowest BCUT2D eigenvalue weighted by molar-refractivity contribution is 0.705. The van der Waals surface area contributed by atoms with E-state index in [-0.39, 0.29) is 6.04 Å². The number of aryl methyl sites for hydroxylation is 1. The molecule has 1 aromatic heterocycles. The molecule has 2 aromatic rings. The molecule has 19 heavy (non-hydrogen) atoms. The van der Waals surface area contributed by atoms with Crippen LogP contribution in [0.15, 0.2) is 41.0 Å². The number of rotatable bonds is 4. The van der Waals surface area contributed by atoms with Crippen LogP contribution in [0.2, 0.25) is 5.02 Å². The summed E-state index contributed by atoms with van der Waals surface area (Å²) in [4.78, 5) is 4.43. The predicted molar refractivity (Wildman–Crippen MR) is 83.4 cm³/mol. The summed E-state index contributed by atoms with van der Waals surface area (Å²) in [6.07, 6.45) is 3.63. The van der Waals surface area contributed by atoms with E-state index in [0.29, 0.717) is 11.4 Å². The Morgan fingerprint density at radius 3 is 2.68 bits per heavy atom. The second-order valence-electron chi connectivity index (χ2n) is 4.50. The highest BCUT2D eigenvalue weighted by atomic mass is 79.9. The van der Waals surface area contributed by atoms with Gasteiger partial charge < -0.3 is 5.73 Å². The number of aromatic nitrogens is 1. The summed E-state index contributed by atoms with van der Waals surface area (Å²) in [6.45, 7) is 2.12. The molecule has 0 saturated carbocycles. The van der Waals surface area contributed by atoms with Crippen LogP contribution in [0.3, 0.4) is 0 Å². The number of pyridine rings is 1. The maximum Gasteiger partial charge on any atom is 0.0551 e. The van der Waals surface area contributed by atoms with E-state index in [2.05, 4.69) is 33.9 Å². The van der Waals surface area contributed by atoms with E-state index < -0.39 is 0 Å². The summed E-state index contributed by atoms with van der Waals surface area (Å²) in [5.74, 6) is 0. The predicted octanol–water partition coefficient (Wildman–Crippen LogP) is 4.30. The van der Waals surface area contributed by atoms with Gasteiger partial charge in [0.1, 0.15) is 0 Å². The third kappa shape index (κ3) is 3.78. The Kier molecular flexibility index (Phi) is 4.97.